The highest BCUT2D eigenvalue weighted by Gasteiger charge is 2.64. The second-order valence-corrected chi connectivity index (χ2v) is 7.44. The van der Waals surface area contributed by atoms with E-state index in [2.05, 4.69) is 22.0 Å². The number of aromatic nitrogens is 1. The van der Waals surface area contributed by atoms with Gasteiger partial charge in [0.1, 0.15) is 0 Å². The van der Waals surface area contributed by atoms with E-state index < -0.39 is 11.6 Å². The molecular formula is C20H22N2O3. The maximum Gasteiger partial charge on any atom is 0.340 e. The van der Waals surface area contributed by atoms with Crippen molar-refractivity contribution in [1.82, 2.24) is 9.88 Å². The fourth-order valence-corrected chi connectivity index (χ4v) is 5.43. The zero-order chi connectivity index (χ0) is 17.3. The van der Waals surface area contributed by atoms with Gasteiger partial charge in [-0.05, 0) is 31.4 Å². The summed E-state index contributed by atoms with van der Waals surface area (Å²) in [7, 11) is 1.37. The molecule has 5 heterocycles. The molecule has 25 heavy (non-hydrogen) atoms. The normalized spacial score (nSPS) is 37.3. The molecule has 0 spiro atoms. The second kappa shape index (κ2) is 4.96. The molecule has 5 atom stereocenters. The number of aliphatic hydroxyl groups is 1. The Kier molecular flexibility index (Phi) is 3.01. The van der Waals surface area contributed by atoms with Crippen LogP contribution in [0.1, 0.15) is 30.6 Å². The molecule has 2 N–H and O–H groups in total. The number of benzene rings is 1. The summed E-state index contributed by atoms with van der Waals surface area (Å²) in [5.41, 5.74) is 3.29. The number of ether oxygens (including phenoxy) is 1. The molecule has 130 valence electrons. The summed E-state index contributed by atoms with van der Waals surface area (Å²) in [5.74, 6) is -0.683. The topological polar surface area (TPSA) is 65.6 Å². The molecular weight excluding hydrogens is 316 g/mol. The minimum absolute atomic E-state index is 0.176. The first-order chi connectivity index (χ1) is 12.1. The van der Waals surface area contributed by atoms with E-state index in [1.165, 1.54) is 23.8 Å². The van der Waals surface area contributed by atoms with Gasteiger partial charge in [0.2, 0.25) is 0 Å². The van der Waals surface area contributed by atoms with Crippen LogP contribution < -0.4 is 0 Å². The number of carbonyl (C=O) groups excluding carboxylic acids is 1. The van der Waals surface area contributed by atoms with Crippen LogP contribution in [0.4, 0.5) is 0 Å². The Morgan fingerprint density at radius 1 is 1.44 bits per heavy atom. The summed E-state index contributed by atoms with van der Waals surface area (Å²) in [6.45, 7) is 2.80. The van der Waals surface area contributed by atoms with Crippen LogP contribution in [-0.2, 0) is 16.0 Å². The number of allylic oxidation sites excluding steroid dienone is 1. The molecule has 4 bridgehead atoms. The van der Waals surface area contributed by atoms with Gasteiger partial charge in [-0.3, -0.25) is 4.90 Å². The van der Waals surface area contributed by atoms with E-state index in [0.29, 0.717) is 6.42 Å². The SMILES string of the molecule is C/C=C1/CN2C3Cc4c([nH]c5ccccc45)[C@@H]2C[C@H]1C3(O)C(=O)OC. The molecule has 4 aliphatic rings. The number of hydrogen-bond acceptors (Lipinski definition) is 4. The van der Waals surface area contributed by atoms with Crippen LogP contribution in [0.5, 0.6) is 0 Å². The largest absolute Gasteiger partial charge is 0.467 e. The molecule has 6 rings (SSSR count). The van der Waals surface area contributed by atoms with E-state index in [0.717, 1.165) is 24.1 Å². The minimum atomic E-state index is -1.47. The third-order valence-corrected chi connectivity index (χ3v) is 6.57. The van der Waals surface area contributed by atoms with E-state index in [-0.39, 0.29) is 18.0 Å². The summed E-state index contributed by atoms with van der Waals surface area (Å²) in [4.78, 5) is 18.5. The quantitative estimate of drug-likeness (QED) is 0.619. The van der Waals surface area contributed by atoms with E-state index in [4.69, 9.17) is 4.74 Å². The van der Waals surface area contributed by atoms with Gasteiger partial charge >= 0.3 is 5.97 Å². The van der Waals surface area contributed by atoms with Crippen molar-refractivity contribution in [3.05, 3.63) is 47.2 Å². The number of carbonyl (C=O) groups is 1. The van der Waals surface area contributed by atoms with Crippen LogP contribution in [0.2, 0.25) is 0 Å². The lowest BCUT2D eigenvalue weighted by atomic mass is 9.61. The molecule has 0 amide bonds. The first kappa shape index (κ1) is 15.2. The van der Waals surface area contributed by atoms with Crippen molar-refractivity contribution in [2.24, 2.45) is 5.92 Å². The van der Waals surface area contributed by atoms with Crippen LogP contribution in [0, 0.1) is 5.92 Å². The number of hydrogen-bond donors (Lipinski definition) is 2. The molecule has 5 nitrogen and oxygen atoms in total. The lowest BCUT2D eigenvalue weighted by Gasteiger charge is -2.60. The van der Waals surface area contributed by atoms with Gasteiger partial charge in [-0.1, -0.05) is 29.8 Å². The van der Waals surface area contributed by atoms with Crippen LogP contribution in [0.15, 0.2) is 35.9 Å². The Morgan fingerprint density at radius 2 is 2.24 bits per heavy atom. The van der Waals surface area contributed by atoms with Crippen LogP contribution in [-0.4, -0.2) is 46.3 Å². The summed E-state index contributed by atoms with van der Waals surface area (Å²) < 4.78 is 5.04. The first-order valence-electron chi connectivity index (χ1n) is 8.90. The van der Waals surface area contributed by atoms with Crippen molar-refractivity contribution < 1.29 is 14.6 Å². The number of methoxy groups -OCH3 is 1. The van der Waals surface area contributed by atoms with E-state index >= 15 is 0 Å². The third kappa shape index (κ3) is 1.72. The van der Waals surface area contributed by atoms with Crippen molar-refractivity contribution in [3.8, 4) is 0 Å². The summed E-state index contributed by atoms with van der Waals surface area (Å²) >= 11 is 0. The molecule has 3 saturated heterocycles. The van der Waals surface area contributed by atoms with Gasteiger partial charge in [-0.2, -0.15) is 0 Å². The summed E-state index contributed by atoms with van der Waals surface area (Å²) in [6.07, 6.45) is 3.45. The maximum absolute atomic E-state index is 12.6. The number of aromatic amines is 1. The van der Waals surface area contributed by atoms with Gasteiger partial charge in [-0.25, -0.2) is 4.79 Å². The molecule has 2 aromatic rings. The number of nitrogens with one attached hydrogen (secondary N) is 1. The van der Waals surface area contributed by atoms with Crippen molar-refractivity contribution in [1.29, 1.82) is 0 Å². The summed E-state index contributed by atoms with van der Waals surface area (Å²) in [5, 5.41) is 12.7. The van der Waals surface area contributed by atoms with Gasteiger partial charge in [0.25, 0.3) is 0 Å². The number of esters is 1. The number of piperidine rings is 3. The highest BCUT2D eigenvalue weighted by molar-refractivity contribution is 5.87. The molecule has 5 heteroatoms. The van der Waals surface area contributed by atoms with Crippen LogP contribution in [0.3, 0.4) is 0 Å². The highest BCUT2D eigenvalue weighted by Crippen LogP contribution is 2.55. The smallest absolute Gasteiger partial charge is 0.340 e. The zero-order valence-corrected chi connectivity index (χ0v) is 14.5. The van der Waals surface area contributed by atoms with E-state index in [1.807, 2.05) is 25.1 Å². The summed E-state index contributed by atoms with van der Waals surface area (Å²) in [6, 6.07) is 8.27. The van der Waals surface area contributed by atoms with Gasteiger partial charge in [0, 0.05) is 29.1 Å². The average Bonchev–Trinajstić information content (AvgIpc) is 3.02. The maximum atomic E-state index is 12.6. The Hall–Kier alpha value is -2.11. The van der Waals surface area contributed by atoms with E-state index in [9.17, 15) is 9.90 Å². The van der Waals surface area contributed by atoms with Gasteiger partial charge < -0.3 is 14.8 Å². The minimum Gasteiger partial charge on any atom is -0.467 e. The van der Waals surface area contributed by atoms with Crippen LogP contribution in [0.25, 0.3) is 10.9 Å². The van der Waals surface area contributed by atoms with Crippen LogP contribution >= 0.6 is 0 Å². The third-order valence-electron chi connectivity index (χ3n) is 6.57. The lowest BCUT2D eigenvalue weighted by molar-refractivity contribution is -0.199. The van der Waals surface area contributed by atoms with Crippen molar-refractivity contribution in [2.75, 3.05) is 13.7 Å². The number of nitrogens with zero attached hydrogens (tertiary/aromatic N) is 1. The van der Waals surface area contributed by atoms with E-state index in [1.54, 1.807) is 0 Å². The molecule has 0 saturated carbocycles. The molecule has 0 aliphatic carbocycles. The molecule has 1 aromatic carbocycles. The number of fused-ring (bicyclic) bond motifs is 4. The zero-order valence-electron chi connectivity index (χ0n) is 14.5. The monoisotopic (exact) mass is 338 g/mol. The molecule has 0 radical (unpaired) electrons. The van der Waals surface area contributed by atoms with Crippen molar-refractivity contribution >= 4 is 16.9 Å². The lowest BCUT2D eigenvalue weighted by Crippen LogP contribution is -2.72. The Balaban J connectivity index is 1.72. The fraction of sp³-hybridized carbons (Fsp3) is 0.450. The van der Waals surface area contributed by atoms with Crippen molar-refractivity contribution in [2.45, 2.75) is 37.5 Å². The Bertz CT molecular complexity index is 915. The predicted molar refractivity (Wildman–Crippen MR) is 94.1 cm³/mol. The molecule has 4 aliphatic heterocycles. The Morgan fingerprint density at radius 3 is 3.00 bits per heavy atom. The van der Waals surface area contributed by atoms with Gasteiger partial charge in [0.15, 0.2) is 5.60 Å². The molecule has 3 fully saturated rings. The second-order valence-electron chi connectivity index (χ2n) is 7.44. The predicted octanol–water partition coefficient (Wildman–Crippen LogP) is 2.32. The van der Waals surface area contributed by atoms with Gasteiger partial charge in [-0.15, -0.1) is 0 Å². The number of para-hydroxylation sites is 1. The number of H-pyrrole nitrogens is 1. The average molecular weight is 338 g/mol. The molecule has 1 aromatic heterocycles. The van der Waals surface area contributed by atoms with Crippen molar-refractivity contribution in [3.63, 3.8) is 0 Å². The fourth-order valence-electron chi connectivity index (χ4n) is 5.43. The highest BCUT2D eigenvalue weighted by atomic mass is 16.5. The van der Waals surface area contributed by atoms with Gasteiger partial charge in [0.05, 0.1) is 19.2 Å². The molecule has 3 unspecified atom stereocenters. The standard InChI is InChI=1S/C20H22N2O3/c1-3-11-10-22-16-9-14(11)20(24,19(23)25-2)17(22)8-13-12-6-4-5-7-15(12)21-18(13)16/h3-7,14,16-17,21,24H,8-10H2,1-2H3/b11-3-/t14-,16+,17?,20?/m1/s1. The first-order valence-corrected chi connectivity index (χ1v) is 8.90. The number of rotatable bonds is 1. The Labute approximate surface area is 146 Å².